The molecule has 0 spiro atoms. The molecule has 0 aliphatic rings. The van der Waals surface area contributed by atoms with Gasteiger partial charge < -0.3 is 14.8 Å². The molecule has 5 nitrogen and oxygen atoms in total. The van der Waals surface area contributed by atoms with Crippen LogP contribution in [-0.4, -0.2) is 31.6 Å². The Morgan fingerprint density at radius 2 is 2.14 bits per heavy atom. The van der Waals surface area contributed by atoms with Gasteiger partial charge in [0.2, 0.25) is 5.91 Å². The Labute approximate surface area is 133 Å². The van der Waals surface area contributed by atoms with Crippen molar-refractivity contribution in [1.29, 1.82) is 0 Å². The Morgan fingerprint density at radius 1 is 1.38 bits per heavy atom. The van der Waals surface area contributed by atoms with Crippen molar-refractivity contribution >= 4 is 27.8 Å². The van der Waals surface area contributed by atoms with E-state index in [2.05, 4.69) is 26.0 Å². The van der Waals surface area contributed by atoms with Gasteiger partial charge in [0, 0.05) is 16.9 Å². The summed E-state index contributed by atoms with van der Waals surface area (Å²) in [5.74, 6) is 0.342. The molecule has 6 heteroatoms. The van der Waals surface area contributed by atoms with Crippen molar-refractivity contribution in [2.24, 2.45) is 0 Å². The summed E-state index contributed by atoms with van der Waals surface area (Å²) < 4.78 is 11.0. The Kier molecular flexibility index (Phi) is 7.82. The third-order valence-corrected chi connectivity index (χ3v) is 3.21. The maximum Gasteiger partial charge on any atom is 0.307 e. The van der Waals surface area contributed by atoms with Crippen molar-refractivity contribution in [2.45, 2.75) is 32.2 Å². The van der Waals surface area contributed by atoms with Crippen LogP contribution in [0.15, 0.2) is 28.7 Å². The Bertz CT molecular complexity index is 478. The van der Waals surface area contributed by atoms with Gasteiger partial charge in [0.25, 0.3) is 0 Å². The lowest BCUT2D eigenvalue weighted by molar-refractivity contribution is -0.141. The molecule has 0 fully saturated rings. The van der Waals surface area contributed by atoms with E-state index in [1.54, 1.807) is 6.92 Å². The fraction of sp³-hybridized carbons (Fsp3) is 0.467. The van der Waals surface area contributed by atoms with Gasteiger partial charge in [0.05, 0.1) is 20.1 Å². The first-order chi connectivity index (χ1) is 10.0. The van der Waals surface area contributed by atoms with Crippen molar-refractivity contribution in [3.8, 4) is 5.75 Å². The second-order valence-corrected chi connectivity index (χ2v) is 5.57. The first-order valence-electron chi connectivity index (χ1n) is 6.76. The van der Waals surface area contributed by atoms with Crippen molar-refractivity contribution in [2.75, 3.05) is 13.7 Å². The van der Waals surface area contributed by atoms with E-state index in [1.165, 1.54) is 7.11 Å². The van der Waals surface area contributed by atoms with Gasteiger partial charge in [-0.25, -0.2) is 0 Å². The molecule has 1 N–H and O–H groups in total. The third kappa shape index (κ3) is 7.70. The largest absolute Gasteiger partial charge is 0.494 e. The molecule has 1 aromatic rings. The second kappa shape index (κ2) is 9.39. The molecule has 1 aromatic carbocycles. The maximum atomic E-state index is 11.7. The van der Waals surface area contributed by atoms with E-state index in [0.717, 1.165) is 10.2 Å². The molecule has 0 saturated heterocycles. The molecule has 1 rings (SSSR count). The van der Waals surface area contributed by atoms with Crippen molar-refractivity contribution in [3.63, 3.8) is 0 Å². The minimum atomic E-state index is -0.333. The van der Waals surface area contributed by atoms with Crippen molar-refractivity contribution in [1.82, 2.24) is 5.32 Å². The minimum Gasteiger partial charge on any atom is -0.494 e. The van der Waals surface area contributed by atoms with Gasteiger partial charge in [-0.15, -0.1) is 0 Å². The number of halogens is 1. The van der Waals surface area contributed by atoms with E-state index >= 15 is 0 Å². The van der Waals surface area contributed by atoms with Crippen LogP contribution >= 0.6 is 15.9 Å². The van der Waals surface area contributed by atoms with E-state index in [-0.39, 0.29) is 24.3 Å². The number of amides is 1. The average molecular weight is 358 g/mol. The zero-order valence-electron chi connectivity index (χ0n) is 12.2. The number of benzene rings is 1. The Balaban J connectivity index is 2.17. The smallest absolute Gasteiger partial charge is 0.307 e. The molecule has 0 heterocycles. The summed E-state index contributed by atoms with van der Waals surface area (Å²) in [5.41, 5.74) is 0. The highest BCUT2D eigenvalue weighted by Gasteiger charge is 2.11. The van der Waals surface area contributed by atoms with Crippen LogP contribution in [0.2, 0.25) is 0 Å². The normalized spacial score (nSPS) is 11.6. The van der Waals surface area contributed by atoms with E-state index in [0.29, 0.717) is 19.4 Å². The second-order valence-electron chi connectivity index (χ2n) is 4.66. The highest BCUT2D eigenvalue weighted by atomic mass is 79.9. The monoisotopic (exact) mass is 357 g/mol. The third-order valence-electron chi connectivity index (χ3n) is 2.72. The van der Waals surface area contributed by atoms with Crippen LogP contribution in [0.3, 0.4) is 0 Å². The number of rotatable bonds is 8. The van der Waals surface area contributed by atoms with E-state index < -0.39 is 0 Å². The van der Waals surface area contributed by atoms with Crippen molar-refractivity contribution in [3.05, 3.63) is 28.7 Å². The molecule has 0 aromatic heterocycles. The summed E-state index contributed by atoms with van der Waals surface area (Å²) in [6, 6.07) is 7.32. The molecule has 1 unspecified atom stereocenters. The van der Waals surface area contributed by atoms with Gasteiger partial charge in [-0.1, -0.05) is 22.0 Å². The molecule has 0 aliphatic carbocycles. The molecule has 0 bridgehead atoms. The molecule has 1 amide bonds. The number of methoxy groups -OCH3 is 1. The van der Waals surface area contributed by atoms with Crippen LogP contribution in [0.5, 0.6) is 5.75 Å². The number of ether oxygens (including phenoxy) is 2. The Hall–Kier alpha value is -1.56. The topological polar surface area (TPSA) is 64.6 Å². The number of hydrogen-bond donors (Lipinski definition) is 1. The standard InChI is InChI=1S/C15H20BrNO4/c1-11(9-15(19)20-2)17-14(18)7-4-8-21-13-6-3-5-12(16)10-13/h3,5-6,10-11H,4,7-9H2,1-2H3,(H,17,18). The number of carbonyl (C=O) groups excluding carboxylic acids is 2. The van der Waals surface area contributed by atoms with Gasteiger partial charge in [-0.3, -0.25) is 9.59 Å². The number of hydrogen-bond acceptors (Lipinski definition) is 4. The van der Waals surface area contributed by atoms with Crippen LogP contribution in [-0.2, 0) is 14.3 Å². The summed E-state index contributed by atoms with van der Waals surface area (Å²) in [4.78, 5) is 22.7. The number of esters is 1. The summed E-state index contributed by atoms with van der Waals surface area (Å²) in [6.45, 7) is 2.24. The first-order valence-corrected chi connectivity index (χ1v) is 7.55. The van der Waals surface area contributed by atoms with Gasteiger partial charge in [0.1, 0.15) is 5.75 Å². The highest BCUT2D eigenvalue weighted by molar-refractivity contribution is 9.10. The zero-order valence-corrected chi connectivity index (χ0v) is 13.8. The minimum absolute atomic E-state index is 0.0933. The molecule has 116 valence electrons. The Morgan fingerprint density at radius 3 is 2.81 bits per heavy atom. The van der Waals surface area contributed by atoms with E-state index in [1.807, 2.05) is 24.3 Å². The van der Waals surface area contributed by atoms with E-state index in [9.17, 15) is 9.59 Å². The summed E-state index contributed by atoms with van der Waals surface area (Å²) in [5, 5.41) is 2.75. The van der Waals surface area contributed by atoms with Crippen LogP contribution in [0.1, 0.15) is 26.2 Å². The maximum absolute atomic E-state index is 11.7. The van der Waals surface area contributed by atoms with Gasteiger partial charge in [-0.2, -0.15) is 0 Å². The fourth-order valence-electron chi connectivity index (χ4n) is 1.71. The van der Waals surface area contributed by atoms with Crippen molar-refractivity contribution < 1.29 is 19.1 Å². The van der Waals surface area contributed by atoms with E-state index in [4.69, 9.17) is 4.74 Å². The van der Waals surface area contributed by atoms with Crippen LogP contribution in [0.25, 0.3) is 0 Å². The quantitative estimate of drug-likeness (QED) is 0.573. The predicted molar refractivity (Wildman–Crippen MR) is 83.1 cm³/mol. The lowest BCUT2D eigenvalue weighted by atomic mass is 10.2. The number of nitrogens with one attached hydrogen (secondary N) is 1. The van der Waals surface area contributed by atoms with Crippen LogP contribution < -0.4 is 10.1 Å². The molecular formula is C15H20BrNO4. The fourth-order valence-corrected chi connectivity index (χ4v) is 2.09. The predicted octanol–water partition coefficient (Wildman–Crippen LogP) is 2.68. The molecule has 0 aliphatic heterocycles. The van der Waals surface area contributed by atoms with Gasteiger partial charge >= 0.3 is 5.97 Å². The summed E-state index contributed by atoms with van der Waals surface area (Å²) in [6.07, 6.45) is 1.15. The summed E-state index contributed by atoms with van der Waals surface area (Å²) >= 11 is 3.37. The van der Waals surface area contributed by atoms with Gasteiger partial charge in [-0.05, 0) is 31.5 Å². The first kappa shape index (κ1) is 17.5. The molecule has 0 saturated carbocycles. The lowest BCUT2D eigenvalue weighted by Crippen LogP contribution is -2.34. The van der Waals surface area contributed by atoms with Crippen LogP contribution in [0.4, 0.5) is 0 Å². The molecule has 0 radical (unpaired) electrons. The highest BCUT2D eigenvalue weighted by Crippen LogP contribution is 2.17. The molecular weight excluding hydrogens is 338 g/mol. The lowest BCUT2D eigenvalue weighted by Gasteiger charge is -2.12. The van der Waals surface area contributed by atoms with Gasteiger partial charge in [0.15, 0.2) is 0 Å². The molecule has 21 heavy (non-hydrogen) atoms. The summed E-state index contributed by atoms with van der Waals surface area (Å²) in [7, 11) is 1.33. The van der Waals surface area contributed by atoms with Crippen LogP contribution in [0, 0.1) is 0 Å². The number of carbonyl (C=O) groups is 2. The zero-order chi connectivity index (χ0) is 15.7. The average Bonchev–Trinajstić information content (AvgIpc) is 2.43. The molecule has 1 atom stereocenters. The SMILES string of the molecule is COC(=O)CC(C)NC(=O)CCCOc1cccc(Br)c1.